The summed E-state index contributed by atoms with van der Waals surface area (Å²) in [6.07, 6.45) is 4.34. The lowest BCUT2D eigenvalue weighted by molar-refractivity contribution is 0.0793. The van der Waals surface area contributed by atoms with Gasteiger partial charge in [0.2, 0.25) is 0 Å². The van der Waals surface area contributed by atoms with E-state index in [4.69, 9.17) is 4.74 Å². The van der Waals surface area contributed by atoms with Crippen molar-refractivity contribution in [1.82, 2.24) is 5.32 Å². The first-order valence-corrected chi connectivity index (χ1v) is 6.02. The Labute approximate surface area is 93.2 Å². The highest BCUT2D eigenvalue weighted by molar-refractivity contribution is 4.74. The maximum atomic E-state index is 9.75. The zero-order valence-corrected chi connectivity index (χ0v) is 10.3. The van der Waals surface area contributed by atoms with Crippen LogP contribution in [0.4, 0.5) is 0 Å². The SMILES string of the molecule is CC(C)(C)NCC(O)CCC1CCCO1. The second kappa shape index (κ2) is 5.83. The first-order valence-electron chi connectivity index (χ1n) is 6.02. The van der Waals surface area contributed by atoms with E-state index in [0.29, 0.717) is 12.6 Å². The lowest BCUT2D eigenvalue weighted by atomic mass is 10.1. The van der Waals surface area contributed by atoms with Gasteiger partial charge >= 0.3 is 0 Å². The molecule has 90 valence electrons. The third-order valence-corrected chi connectivity index (χ3v) is 2.71. The van der Waals surface area contributed by atoms with Crippen molar-refractivity contribution in [3.8, 4) is 0 Å². The van der Waals surface area contributed by atoms with Crippen LogP contribution in [0.15, 0.2) is 0 Å². The van der Waals surface area contributed by atoms with Gasteiger partial charge < -0.3 is 15.2 Å². The topological polar surface area (TPSA) is 41.5 Å². The Bertz CT molecular complexity index is 171. The fourth-order valence-electron chi connectivity index (χ4n) is 1.78. The van der Waals surface area contributed by atoms with Crippen molar-refractivity contribution in [3.63, 3.8) is 0 Å². The Hall–Kier alpha value is -0.120. The number of hydrogen-bond donors (Lipinski definition) is 2. The Kier molecular flexibility index (Phi) is 5.03. The molecule has 1 saturated heterocycles. The average Bonchev–Trinajstić information content (AvgIpc) is 2.62. The monoisotopic (exact) mass is 215 g/mol. The highest BCUT2D eigenvalue weighted by atomic mass is 16.5. The molecule has 0 aromatic rings. The van der Waals surface area contributed by atoms with Gasteiger partial charge in [-0.15, -0.1) is 0 Å². The molecule has 2 atom stereocenters. The fourth-order valence-corrected chi connectivity index (χ4v) is 1.78. The Morgan fingerprint density at radius 2 is 2.20 bits per heavy atom. The van der Waals surface area contributed by atoms with Crippen LogP contribution in [-0.2, 0) is 4.74 Å². The van der Waals surface area contributed by atoms with Crippen LogP contribution < -0.4 is 5.32 Å². The molecule has 1 aliphatic heterocycles. The van der Waals surface area contributed by atoms with Crippen LogP contribution >= 0.6 is 0 Å². The van der Waals surface area contributed by atoms with Crippen LogP contribution in [0, 0.1) is 0 Å². The number of nitrogens with one attached hydrogen (secondary N) is 1. The summed E-state index contributed by atoms with van der Waals surface area (Å²) in [5.41, 5.74) is 0.0881. The largest absolute Gasteiger partial charge is 0.392 e. The molecule has 0 saturated carbocycles. The van der Waals surface area contributed by atoms with Gasteiger partial charge in [0.15, 0.2) is 0 Å². The van der Waals surface area contributed by atoms with Gasteiger partial charge in [-0.05, 0) is 46.5 Å². The van der Waals surface area contributed by atoms with Gasteiger partial charge in [-0.25, -0.2) is 0 Å². The smallest absolute Gasteiger partial charge is 0.0665 e. The predicted molar refractivity (Wildman–Crippen MR) is 62.0 cm³/mol. The summed E-state index contributed by atoms with van der Waals surface area (Å²) in [5.74, 6) is 0. The number of ether oxygens (including phenoxy) is 1. The second-order valence-corrected chi connectivity index (χ2v) is 5.50. The van der Waals surface area contributed by atoms with Gasteiger partial charge in [-0.1, -0.05) is 0 Å². The molecule has 0 spiro atoms. The summed E-state index contributed by atoms with van der Waals surface area (Å²) in [6, 6.07) is 0. The van der Waals surface area contributed by atoms with E-state index >= 15 is 0 Å². The van der Waals surface area contributed by atoms with Crippen LogP contribution in [0.3, 0.4) is 0 Å². The molecule has 0 bridgehead atoms. The van der Waals surface area contributed by atoms with E-state index in [-0.39, 0.29) is 11.6 Å². The average molecular weight is 215 g/mol. The van der Waals surface area contributed by atoms with E-state index in [1.807, 2.05) is 0 Å². The molecule has 1 heterocycles. The highest BCUT2D eigenvalue weighted by Crippen LogP contribution is 2.17. The summed E-state index contributed by atoms with van der Waals surface area (Å²) in [7, 11) is 0. The van der Waals surface area contributed by atoms with Crippen LogP contribution in [0.25, 0.3) is 0 Å². The molecule has 1 aliphatic rings. The van der Waals surface area contributed by atoms with E-state index in [2.05, 4.69) is 26.1 Å². The van der Waals surface area contributed by atoms with Crippen molar-refractivity contribution in [3.05, 3.63) is 0 Å². The van der Waals surface area contributed by atoms with Gasteiger partial charge in [0.1, 0.15) is 0 Å². The number of aliphatic hydroxyl groups is 1. The maximum absolute atomic E-state index is 9.75. The summed E-state index contributed by atoms with van der Waals surface area (Å²) < 4.78 is 5.52. The standard InChI is InChI=1S/C12H25NO2/c1-12(2,3)13-9-10(14)6-7-11-5-4-8-15-11/h10-11,13-14H,4-9H2,1-3H3. The van der Waals surface area contributed by atoms with Crippen LogP contribution in [0.5, 0.6) is 0 Å². The first-order chi connectivity index (χ1) is 6.97. The molecule has 0 amide bonds. The number of hydrogen-bond acceptors (Lipinski definition) is 3. The summed E-state index contributed by atoms with van der Waals surface area (Å²) in [5, 5.41) is 13.1. The van der Waals surface area contributed by atoms with Gasteiger partial charge in [0, 0.05) is 18.7 Å². The summed E-state index contributed by atoms with van der Waals surface area (Å²) in [6.45, 7) is 7.91. The molecular formula is C12H25NO2. The molecular weight excluding hydrogens is 190 g/mol. The van der Waals surface area contributed by atoms with Crippen molar-refractivity contribution >= 4 is 0 Å². The molecule has 1 rings (SSSR count). The zero-order chi connectivity index (χ0) is 11.3. The first kappa shape index (κ1) is 12.9. The minimum absolute atomic E-state index is 0.0881. The molecule has 2 N–H and O–H groups in total. The molecule has 1 fully saturated rings. The molecule has 0 aromatic heterocycles. The Balaban J connectivity index is 2.05. The minimum atomic E-state index is -0.242. The number of β-amino-alcohol motifs (C(OH)–C–C–N with tert-alkyl or cyclic N) is 1. The third kappa shape index (κ3) is 6.13. The van der Waals surface area contributed by atoms with Crippen LogP contribution in [0.2, 0.25) is 0 Å². The van der Waals surface area contributed by atoms with Gasteiger partial charge in [0.05, 0.1) is 12.2 Å². The summed E-state index contributed by atoms with van der Waals surface area (Å²) >= 11 is 0. The quantitative estimate of drug-likeness (QED) is 0.733. The van der Waals surface area contributed by atoms with Crippen molar-refractivity contribution in [1.29, 1.82) is 0 Å². The summed E-state index contributed by atoms with van der Waals surface area (Å²) in [4.78, 5) is 0. The molecule has 0 radical (unpaired) electrons. The van der Waals surface area contributed by atoms with Crippen molar-refractivity contribution in [2.75, 3.05) is 13.2 Å². The van der Waals surface area contributed by atoms with Crippen molar-refractivity contribution < 1.29 is 9.84 Å². The van der Waals surface area contributed by atoms with E-state index < -0.39 is 0 Å². The molecule has 0 aliphatic carbocycles. The number of rotatable bonds is 5. The number of aliphatic hydroxyl groups excluding tert-OH is 1. The fraction of sp³-hybridized carbons (Fsp3) is 1.00. The second-order valence-electron chi connectivity index (χ2n) is 5.50. The van der Waals surface area contributed by atoms with E-state index in [1.54, 1.807) is 0 Å². The van der Waals surface area contributed by atoms with Crippen LogP contribution in [-0.4, -0.2) is 36.0 Å². The molecule has 2 unspecified atom stereocenters. The lowest BCUT2D eigenvalue weighted by Crippen LogP contribution is -2.41. The normalized spacial score (nSPS) is 24.4. The van der Waals surface area contributed by atoms with Gasteiger partial charge in [-0.3, -0.25) is 0 Å². The molecule has 0 aromatic carbocycles. The van der Waals surface area contributed by atoms with E-state index in [1.165, 1.54) is 12.8 Å². The Morgan fingerprint density at radius 1 is 1.47 bits per heavy atom. The van der Waals surface area contributed by atoms with Crippen LogP contribution in [0.1, 0.15) is 46.5 Å². The van der Waals surface area contributed by atoms with Gasteiger partial charge in [-0.2, -0.15) is 0 Å². The highest BCUT2D eigenvalue weighted by Gasteiger charge is 2.17. The molecule has 15 heavy (non-hydrogen) atoms. The van der Waals surface area contributed by atoms with E-state index in [9.17, 15) is 5.11 Å². The molecule has 3 heteroatoms. The van der Waals surface area contributed by atoms with Crippen molar-refractivity contribution in [2.45, 2.75) is 64.2 Å². The maximum Gasteiger partial charge on any atom is 0.0665 e. The Morgan fingerprint density at radius 3 is 2.73 bits per heavy atom. The van der Waals surface area contributed by atoms with E-state index in [0.717, 1.165) is 19.4 Å². The van der Waals surface area contributed by atoms with Gasteiger partial charge in [0.25, 0.3) is 0 Å². The zero-order valence-electron chi connectivity index (χ0n) is 10.3. The van der Waals surface area contributed by atoms with Crippen molar-refractivity contribution in [2.24, 2.45) is 0 Å². The predicted octanol–water partition coefficient (Wildman–Crippen LogP) is 1.69. The molecule has 3 nitrogen and oxygen atoms in total. The lowest BCUT2D eigenvalue weighted by Gasteiger charge is -2.23. The third-order valence-electron chi connectivity index (χ3n) is 2.71. The minimum Gasteiger partial charge on any atom is -0.392 e.